The second-order valence-corrected chi connectivity index (χ2v) is 6.37. The molecule has 0 spiro atoms. The van der Waals surface area contributed by atoms with Crippen molar-refractivity contribution in [3.8, 4) is 5.75 Å². The van der Waals surface area contributed by atoms with Crippen molar-refractivity contribution >= 4 is 17.0 Å². The number of hydrogen-bond acceptors (Lipinski definition) is 2. The third-order valence-electron chi connectivity index (χ3n) is 4.86. The predicted molar refractivity (Wildman–Crippen MR) is 102 cm³/mol. The molecule has 2 N–H and O–H groups in total. The van der Waals surface area contributed by atoms with Crippen LogP contribution in [0.4, 0.5) is 0 Å². The van der Waals surface area contributed by atoms with Crippen LogP contribution in [0, 0.1) is 0 Å². The SMILES string of the molecule is Br.CNCC(CC1CCCc2cc(O)ccc21)c1ccccc1. The number of phenols is 1. The fourth-order valence-corrected chi connectivity index (χ4v) is 3.80. The van der Waals surface area contributed by atoms with Crippen molar-refractivity contribution in [3.63, 3.8) is 0 Å². The van der Waals surface area contributed by atoms with Crippen molar-refractivity contribution in [1.29, 1.82) is 0 Å². The van der Waals surface area contributed by atoms with Crippen LogP contribution >= 0.6 is 17.0 Å². The largest absolute Gasteiger partial charge is 0.508 e. The minimum absolute atomic E-state index is 0. The first kappa shape index (κ1) is 18.0. The van der Waals surface area contributed by atoms with Gasteiger partial charge in [0, 0.05) is 6.54 Å². The summed E-state index contributed by atoms with van der Waals surface area (Å²) < 4.78 is 0. The van der Waals surface area contributed by atoms with E-state index in [2.05, 4.69) is 41.7 Å². The Balaban J connectivity index is 0.00000192. The van der Waals surface area contributed by atoms with E-state index in [-0.39, 0.29) is 17.0 Å². The summed E-state index contributed by atoms with van der Waals surface area (Å²) >= 11 is 0. The molecule has 0 radical (unpaired) electrons. The third-order valence-corrected chi connectivity index (χ3v) is 4.86. The maximum Gasteiger partial charge on any atom is 0.115 e. The lowest BCUT2D eigenvalue weighted by atomic mass is 9.76. The quantitative estimate of drug-likeness (QED) is 0.787. The molecule has 0 saturated heterocycles. The Morgan fingerprint density at radius 1 is 1.17 bits per heavy atom. The molecule has 3 rings (SSSR count). The zero-order valence-corrected chi connectivity index (χ0v) is 15.4. The van der Waals surface area contributed by atoms with Gasteiger partial charge in [0.15, 0.2) is 0 Å². The number of hydrogen-bond donors (Lipinski definition) is 2. The lowest BCUT2D eigenvalue weighted by Gasteiger charge is -2.29. The van der Waals surface area contributed by atoms with Crippen molar-refractivity contribution in [2.75, 3.05) is 13.6 Å². The molecule has 0 bridgehead atoms. The van der Waals surface area contributed by atoms with Crippen LogP contribution in [0.15, 0.2) is 48.5 Å². The summed E-state index contributed by atoms with van der Waals surface area (Å²) in [6.07, 6.45) is 4.75. The fraction of sp³-hybridized carbons (Fsp3) is 0.400. The topological polar surface area (TPSA) is 32.3 Å². The second-order valence-electron chi connectivity index (χ2n) is 6.37. The first-order valence-electron chi connectivity index (χ1n) is 8.29. The molecule has 124 valence electrons. The van der Waals surface area contributed by atoms with Crippen molar-refractivity contribution in [2.24, 2.45) is 0 Å². The highest BCUT2D eigenvalue weighted by molar-refractivity contribution is 8.93. The Labute approximate surface area is 149 Å². The molecule has 0 aliphatic heterocycles. The van der Waals surface area contributed by atoms with Gasteiger partial charge in [-0.05, 0) is 73.4 Å². The fourth-order valence-electron chi connectivity index (χ4n) is 3.80. The van der Waals surface area contributed by atoms with Crippen LogP contribution in [-0.4, -0.2) is 18.7 Å². The van der Waals surface area contributed by atoms with E-state index in [1.807, 2.05) is 19.2 Å². The summed E-state index contributed by atoms with van der Waals surface area (Å²) in [5.41, 5.74) is 4.20. The molecule has 2 aromatic rings. The molecule has 0 aromatic heterocycles. The van der Waals surface area contributed by atoms with Gasteiger partial charge in [-0.25, -0.2) is 0 Å². The van der Waals surface area contributed by atoms with Gasteiger partial charge in [0.1, 0.15) is 5.75 Å². The van der Waals surface area contributed by atoms with Gasteiger partial charge < -0.3 is 10.4 Å². The van der Waals surface area contributed by atoms with E-state index < -0.39 is 0 Å². The summed E-state index contributed by atoms with van der Waals surface area (Å²) in [4.78, 5) is 0. The molecule has 2 aromatic carbocycles. The molecule has 0 saturated carbocycles. The van der Waals surface area contributed by atoms with Crippen LogP contribution < -0.4 is 5.32 Å². The molecular formula is C20H26BrNO. The van der Waals surface area contributed by atoms with Crippen LogP contribution in [-0.2, 0) is 6.42 Å². The molecule has 23 heavy (non-hydrogen) atoms. The third kappa shape index (κ3) is 4.36. The predicted octanol–water partition coefficient (Wildman–Crippen LogP) is 4.78. The van der Waals surface area contributed by atoms with Crippen LogP contribution in [0.1, 0.15) is 47.8 Å². The number of fused-ring (bicyclic) bond motifs is 1. The van der Waals surface area contributed by atoms with Gasteiger partial charge in [0.2, 0.25) is 0 Å². The number of halogens is 1. The Morgan fingerprint density at radius 2 is 1.96 bits per heavy atom. The Kier molecular flexibility index (Phi) is 6.67. The van der Waals surface area contributed by atoms with E-state index in [0.29, 0.717) is 17.6 Å². The summed E-state index contributed by atoms with van der Waals surface area (Å²) in [5, 5.41) is 13.1. The van der Waals surface area contributed by atoms with Crippen molar-refractivity contribution in [1.82, 2.24) is 5.32 Å². The Bertz CT molecular complexity index is 614. The van der Waals surface area contributed by atoms with Gasteiger partial charge in [-0.2, -0.15) is 0 Å². The smallest absolute Gasteiger partial charge is 0.115 e. The maximum atomic E-state index is 9.71. The minimum Gasteiger partial charge on any atom is -0.508 e. The molecule has 2 nitrogen and oxygen atoms in total. The van der Waals surface area contributed by atoms with E-state index in [4.69, 9.17) is 0 Å². The highest BCUT2D eigenvalue weighted by atomic mass is 79.9. The molecule has 0 fully saturated rings. The van der Waals surface area contributed by atoms with Crippen molar-refractivity contribution < 1.29 is 5.11 Å². The molecule has 0 amide bonds. The monoisotopic (exact) mass is 375 g/mol. The average molecular weight is 376 g/mol. The zero-order valence-electron chi connectivity index (χ0n) is 13.7. The highest BCUT2D eigenvalue weighted by Crippen LogP contribution is 2.39. The van der Waals surface area contributed by atoms with Crippen LogP contribution in [0.5, 0.6) is 5.75 Å². The number of likely N-dealkylation sites (N-methyl/N-ethyl adjacent to an activating group) is 1. The number of aryl methyl sites for hydroxylation is 1. The van der Waals surface area contributed by atoms with Gasteiger partial charge in [0.25, 0.3) is 0 Å². The van der Waals surface area contributed by atoms with Crippen molar-refractivity contribution in [3.05, 3.63) is 65.2 Å². The molecule has 2 unspecified atom stereocenters. The van der Waals surface area contributed by atoms with E-state index in [1.165, 1.54) is 36.0 Å². The normalized spacial score (nSPS) is 17.9. The lowest BCUT2D eigenvalue weighted by Crippen LogP contribution is -2.21. The van der Waals surface area contributed by atoms with E-state index in [9.17, 15) is 5.11 Å². The minimum atomic E-state index is 0. The number of nitrogens with one attached hydrogen (secondary N) is 1. The lowest BCUT2D eigenvalue weighted by molar-refractivity contribution is 0.452. The van der Waals surface area contributed by atoms with Crippen LogP contribution in [0.2, 0.25) is 0 Å². The molecule has 1 aliphatic carbocycles. The molecule has 2 atom stereocenters. The van der Waals surface area contributed by atoms with E-state index in [1.54, 1.807) is 0 Å². The summed E-state index contributed by atoms with van der Waals surface area (Å²) in [6.45, 7) is 1.01. The molecule has 0 heterocycles. The van der Waals surface area contributed by atoms with Gasteiger partial charge in [0.05, 0.1) is 0 Å². The van der Waals surface area contributed by atoms with E-state index >= 15 is 0 Å². The van der Waals surface area contributed by atoms with Gasteiger partial charge in [-0.3, -0.25) is 0 Å². The molecule has 3 heteroatoms. The average Bonchev–Trinajstić information content (AvgIpc) is 2.55. The summed E-state index contributed by atoms with van der Waals surface area (Å²) in [5.74, 6) is 1.54. The molecular weight excluding hydrogens is 350 g/mol. The van der Waals surface area contributed by atoms with Crippen LogP contribution in [0.3, 0.4) is 0 Å². The van der Waals surface area contributed by atoms with Gasteiger partial charge in [-0.15, -0.1) is 17.0 Å². The van der Waals surface area contributed by atoms with Crippen LogP contribution in [0.25, 0.3) is 0 Å². The van der Waals surface area contributed by atoms with Gasteiger partial charge >= 0.3 is 0 Å². The highest BCUT2D eigenvalue weighted by Gasteiger charge is 2.24. The number of benzene rings is 2. The number of aromatic hydroxyl groups is 1. The number of phenolic OH excluding ortho intramolecular Hbond substituents is 1. The van der Waals surface area contributed by atoms with Gasteiger partial charge in [-0.1, -0.05) is 36.4 Å². The van der Waals surface area contributed by atoms with E-state index in [0.717, 1.165) is 13.0 Å². The Hall–Kier alpha value is -1.32. The molecule has 1 aliphatic rings. The standard InChI is InChI=1S/C20H25NO.BrH/c1-21-14-18(15-6-3-2-4-7-15)12-16-8-5-9-17-13-19(22)10-11-20(16)17;/h2-4,6-7,10-11,13,16,18,21-22H,5,8-9,12,14H2,1H3;1H. The first-order valence-corrected chi connectivity index (χ1v) is 8.29. The number of rotatable bonds is 5. The summed E-state index contributed by atoms with van der Waals surface area (Å²) in [6, 6.07) is 16.7. The Morgan fingerprint density at radius 3 is 2.70 bits per heavy atom. The zero-order chi connectivity index (χ0) is 15.4. The first-order chi connectivity index (χ1) is 10.8. The second kappa shape index (κ2) is 8.51. The van der Waals surface area contributed by atoms with Crippen molar-refractivity contribution in [2.45, 2.75) is 37.5 Å². The summed E-state index contributed by atoms with van der Waals surface area (Å²) in [7, 11) is 2.03. The maximum absolute atomic E-state index is 9.71.